The zero-order valence-electron chi connectivity index (χ0n) is 9.95. The number of benzene rings is 1. The highest BCUT2D eigenvalue weighted by molar-refractivity contribution is 6.44. The summed E-state index contributed by atoms with van der Waals surface area (Å²) in [4.78, 5) is 16.0. The van der Waals surface area contributed by atoms with Crippen LogP contribution >= 0.6 is 34.8 Å². The van der Waals surface area contributed by atoms with Crippen molar-refractivity contribution in [2.75, 3.05) is 10.7 Å². The Hall–Kier alpha value is -1.53. The Morgan fingerprint density at radius 3 is 2.50 bits per heavy atom. The number of nitrogens with zero attached hydrogens (tertiary/aromatic N) is 1. The second-order valence-electron chi connectivity index (χ2n) is 3.77. The van der Waals surface area contributed by atoms with Crippen LogP contribution in [0.5, 0.6) is 0 Å². The molecule has 0 saturated carbocycles. The standard InChI is InChI=1S/C12H9Cl3N4O/c13-7-4-9(15)10(5-8(7)14)18-12(20)11-3-6(19-16)1-2-17-11/h1-5H,16H2,(H,17,19)(H,18,20). The van der Waals surface area contributed by atoms with E-state index in [0.29, 0.717) is 16.4 Å². The van der Waals surface area contributed by atoms with E-state index in [2.05, 4.69) is 15.7 Å². The Balaban J connectivity index is 2.25. The normalized spacial score (nSPS) is 10.2. The summed E-state index contributed by atoms with van der Waals surface area (Å²) in [7, 11) is 0. The molecule has 20 heavy (non-hydrogen) atoms. The minimum Gasteiger partial charge on any atom is -0.324 e. The molecule has 104 valence electrons. The molecule has 0 radical (unpaired) electrons. The second-order valence-corrected chi connectivity index (χ2v) is 5.00. The van der Waals surface area contributed by atoms with Crippen LogP contribution in [0.15, 0.2) is 30.5 Å². The molecule has 1 heterocycles. The molecular formula is C12H9Cl3N4O. The topological polar surface area (TPSA) is 80.0 Å². The van der Waals surface area contributed by atoms with Crippen LogP contribution in [0.4, 0.5) is 11.4 Å². The number of nitrogens with two attached hydrogens (primary N) is 1. The van der Waals surface area contributed by atoms with Gasteiger partial charge in [-0.15, -0.1) is 0 Å². The van der Waals surface area contributed by atoms with Crippen molar-refractivity contribution in [2.45, 2.75) is 0 Å². The van der Waals surface area contributed by atoms with Gasteiger partial charge < -0.3 is 10.7 Å². The van der Waals surface area contributed by atoms with Crippen molar-refractivity contribution < 1.29 is 4.79 Å². The van der Waals surface area contributed by atoms with E-state index >= 15 is 0 Å². The molecule has 1 aromatic carbocycles. The van der Waals surface area contributed by atoms with Crippen molar-refractivity contribution in [3.05, 3.63) is 51.2 Å². The fraction of sp³-hybridized carbons (Fsp3) is 0. The maximum absolute atomic E-state index is 12.1. The van der Waals surface area contributed by atoms with Gasteiger partial charge in [0.1, 0.15) is 5.69 Å². The number of hydrogen-bond acceptors (Lipinski definition) is 4. The van der Waals surface area contributed by atoms with Crippen LogP contribution in [0.3, 0.4) is 0 Å². The first-order chi connectivity index (χ1) is 9.51. The molecule has 2 rings (SSSR count). The molecule has 1 amide bonds. The zero-order chi connectivity index (χ0) is 14.7. The minimum absolute atomic E-state index is 0.183. The van der Waals surface area contributed by atoms with Gasteiger partial charge in [0.05, 0.1) is 26.4 Å². The Labute approximate surface area is 130 Å². The van der Waals surface area contributed by atoms with Crippen molar-refractivity contribution in [3.63, 3.8) is 0 Å². The highest BCUT2D eigenvalue weighted by Gasteiger charge is 2.12. The van der Waals surface area contributed by atoms with Crippen LogP contribution in [-0.2, 0) is 0 Å². The number of hydrogen-bond donors (Lipinski definition) is 3. The maximum Gasteiger partial charge on any atom is 0.274 e. The first-order valence-electron chi connectivity index (χ1n) is 5.40. The van der Waals surface area contributed by atoms with Gasteiger partial charge in [0.2, 0.25) is 0 Å². The zero-order valence-corrected chi connectivity index (χ0v) is 12.2. The van der Waals surface area contributed by atoms with E-state index in [4.69, 9.17) is 40.6 Å². The lowest BCUT2D eigenvalue weighted by Gasteiger charge is -2.09. The smallest absolute Gasteiger partial charge is 0.274 e. The maximum atomic E-state index is 12.1. The van der Waals surface area contributed by atoms with E-state index in [1.807, 2.05) is 0 Å². The summed E-state index contributed by atoms with van der Waals surface area (Å²) in [6.45, 7) is 0. The molecule has 8 heteroatoms. The number of carbonyl (C=O) groups is 1. The number of rotatable bonds is 3. The number of halogens is 3. The highest BCUT2D eigenvalue weighted by atomic mass is 35.5. The molecule has 0 unspecified atom stereocenters. The van der Waals surface area contributed by atoms with Gasteiger partial charge in [0.25, 0.3) is 5.91 Å². The van der Waals surface area contributed by atoms with Crippen molar-refractivity contribution in [2.24, 2.45) is 5.84 Å². The van der Waals surface area contributed by atoms with Crippen LogP contribution in [0, 0.1) is 0 Å². The Bertz CT molecular complexity index is 663. The molecular weight excluding hydrogens is 323 g/mol. The number of hydrazine groups is 1. The first-order valence-corrected chi connectivity index (χ1v) is 6.53. The molecule has 2 aromatic rings. The molecule has 0 spiro atoms. The van der Waals surface area contributed by atoms with Gasteiger partial charge in [-0.25, -0.2) is 0 Å². The SMILES string of the molecule is NNc1ccnc(C(=O)Nc2cc(Cl)c(Cl)cc2Cl)c1. The van der Waals surface area contributed by atoms with E-state index in [9.17, 15) is 4.79 Å². The molecule has 0 atom stereocenters. The second kappa shape index (κ2) is 6.28. The summed E-state index contributed by atoms with van der Waals surface area (Å²) in [6.07, 6.45) is 1.46. The monoisotopic (exact) mass is 330 g/mol. The Morgan fingerprint density at radius 1 is 1.10 bits per heavy atom. The number of nitrogens with one attached hydrogen (secondary N) is 2. The van der Waals surface area contributed by atoms with Crippen molar-refractivity contribution in [3.8, 4) is 0 Å². The number of carbonyl (C=O) groups excluding carboxylic acids is 1. The van der Waals surface area contributed by atoms with Crippen LogP contribution in [0.2, 0.25) is 15.1 Å². The Morgan fingerprint density at radius 2 is 1.80 bits per heavy atom. The van der Waals surface area contributed by atoms with Crippen molar-refractivity contribution in [1.29, 1.82) is 0 Å². The van der Waals surface area contributed by atoms with Crippen molar-refractivity contribution >= 4 is 52.1 Å². The third-order valence-corrected chi connectivity index (χ3v) is 3.45. The van der Waals surface area contributed by atoms with E-state index < -0.39 is 5.91 Å². The van der Waals surface area contributed by atoms with Crippen LogP contribution in [0.25, 0.3) is 0 Å². The third-order valence-electron chi connectivity index (χ3n) is 2.42. The lowest BCUT2D eigenvalue weighted by Crippen LogP contribution is -2.15. The number of nitrogen functional groups attached to an aromatic ring is 1. The predicted octanol–water partition coefficient (Wildman–Crippen LogP) is 3.58. The van der Waals surface area contributed by atoms with Crippen LogP contribution in [0.1, 0.15) is 10.5 Å². The summed E-state index contributed by atoms with van der Waals surface area (Å²) in [5.74, 6) is 4.83. The first kappa shape index (κ1) is 14.9. The van der Waals surface area contributed by atoms with Gasteiger partial charge in [-0.3, -0.25) is 15.6 Å². The Kier molecular flexibility index (Phi) is 4.67. The fourth-order valence-corrected chi connectivity index (χ4v) is 2.04. The van der Waals surface area contributed by atoms with Gasteiger partial charge in [-0.05, 0) is 24.3 Å². The fourth-order valence-electron chi connectivity index (χ4n) is 1.45. The number of amides is 1. The number of pyridine rings is 1. The molecule has 0 aliphatic rings. The van der Waals surface area contributed by atoms with Crippen LogP contribution < -0.4 is 16.6 Å². The van der Waals surface area contributed by atoms with Gasteiger partial charge in [0, 0.05) is 6.20 Å². The third kappa shape index (κ3) is 3.32. The average Bonchev–Trinajstić information content (AvgIpc) is 2.44. The average molecular weight is 332 g/mol. The van der Waals surface area contributed by atoms with E-state index in [-0.39, 0.29) is 15.7 Å². The lowest BCUT2D eigenvalue weighted by molar-refractivity contribution is 0.102. The van der Waals surface area contributed by atoms with Gasteiger partial charge >= 0.3 is 0 Å². The number of anilines is 2. The van der Waals surface area contributed by atoms with Crippen molar-refractivity contribution in [1.82, 2.24) is 4.98 Å². The highest BCUT2D eigenvalue weighted by Crippen LogP contribution is 2.32. The quantitative estimate of drug-likeness (QED) is 0.456. The summed E-state index contributed by atoms with van der Waals surface area (Å²) in [6, 6.07) is 6.05. The molecule has 0 saturated heterocycles. The summed E-state index contributed by atoms with van der Waals surface area (Å²) >= 11 is 17.7. The van der Waals surface area contributed by atoms with Gasteiger partial charge in [0.15, 0.2) is 0 Å². The van der Waals surface area contributed by atoms with E-state index in [1.165, 1.54) is 24.4 Å². The molecule has 1 aromatic heterocycles. The van der Waals surface area contributed by atoms with Crippen LogP contribution in [-0.4, -0.2) is 10.9 Å². The number of aromatic nitrogens is 1. The summed E-state index contributed by atoms with van der Waals surface area (Å²) in [5.41, 5.74) is 3.52. The van der Waals surface area contributed by atoms with Gasteiger partial charge in [-0.1, -0.05) is 34.8 Å². The molecule has 5 nitrogen and oxygen atoms in total. The largest absolute Gasteiger partial charge is 0.324 e. The van der Waals surface area contributed by atoms with Gasteiger partial charge in [-0.2, -0.15) is 0 Å². The van der Waals surface area contributed by atoms with E-state index in [1.54, 1.807) is 6.07 Å². The summed E-state index contributed by atoms with van der Waals surface area (Å²) < 4.78 is 0. The molecule has 4 N–H and O–H groups in total. The lowest BCUT2D eigenvalue weighted by atomic mass is 10.2. The molecule has 0 aliphatic heterocycles. The molecule has 0 bridgehead atoms. The summed E-state index contributed by atoms with van der Waals surface area (Å²) in [5, 5.41) is 3.48. The molecule has 0 aliphatic carbocycles. The van der Waals surface area contributed by atoms with E-state index in [0.717, 1.165) is 0 Å². The predicted molar refractivity (Wildman–Crippen MR) is 81.5 cm³/mol. The molecule has 0 fully saturated rings. The minimum atomic E-state index is -0.442.